The minimum Gasteiger partial charge on any atom is -0.494 e. The molecule has 0 unspecified atom stereocenters. The van der Waals surface area contributed by atoms with Crippen molar-refractivity contribution in [2.75, 3.05) is 32.2 Å². The number of benzene rings is 2. The van der Waals surface area contributed by atoms with Crippen LogP contribution in [0.2, 0.25) is 0 Å². The molecule has 0 aliphatic rings. The van der Waals surface area contributed by atoms with E-state index in [0.717, 1.165) is 5.75 Å². The number of nitrogens with one attached hydrogen (secondary N) is 2. The molecule has 0 aliphatic carbocycles. The van der Waals surface area contributed by atoms with Gasteiger partial charge in [-0.15, -0.1) is 0 Å². The highest BCUT2D eigenvalue weighted by molar-refractivity contribution is 5.97. The summed E-state index contributed by atoms with van der Waals surface area (Å²) in [4.78, 5) is 34.9. The lowest BCUT2D eigenvalue weighted by Crippen LogP contribution is -2.30. The Morgan fingerprint density at radius 2 is 1.50 bits per heavy atom. The van der Waals surface area contributed by atoms with Gasteiger partial charge in [0, 0.05) is 11.3 Å². The summed E-state index contributed by atoms with van der Waals surface area (Å²) in [6.07, 6.45) is 0. The first-order valence-corrected chi connectivity index (χ1v) is 8.62. The van der Waals surface area contributed by atoms with Gasteiger partial charge in [0.15, 0.2) is 6.61 Å². The number of carbonyl (C=O) groups excluding carboxylic acids is 3. The van der Waals surface area contributed by atoms with Gasteiger partial charge in [0.1, 0.15) is 18.0 Å². The molecule has 8 heteroatoms. The maximum Gasteiger partial charge on any atom is 0.325 e. The molecule has 0 heterocycles. The minimum absolute atomic E-state index is 0.157. The Morgan fingerprint density at radius 3 is 2.07 bits per heavy atom. The van der Waals surface area contributed by atoms with E-state index in [2.05, 4.69) is 15.4 Å². The lowest BCUT2D eigenvalue weighted by Gasteiger charge is -2.09. The van der Waals surface area contributed by atoms with Gasteiger partial charge in [-0.05, 0) is 55.5 Å². The zero-order valence-electron chi connectivity index (χ0n) is 15.7. The fourth-order valence-electron chi connectivity index (χ4n) is 2.18. The quantitative estimate of drug-likeness (QED) is 0.639. The van der Waals surface area contributed by atoms with Gasteiger partial charge in [-0.3, -0.25) is 14.4 Å². The van der Waals surface area contributed by atoms with Crippen LogP contribution in [0.25, 0.3) is 0 Å². The highest BCUT2D eigenvalue weighted by atomic mass is 16.5. The van der Waals surface area contributed by atoms with E-state index in [9.17, 15) is 14.4 Å². The molecule has 2 aromatic rings. The summed E-state index contributed by atoms with van der Waals surface area (Å²) in [6.45, 7) is 2.11. The zero-order valence-corrected chi connectivity index (χ0v) is 15.7. The molecule has 148 valence electrons. The van der Waals surface area contributed by atoms with Crippen molar-refractivity contribution < 1.29 is 28.6 Å². The van der Waals surface area contributed by atoms with Crippen molar-refractivity contribution in [2.45, 2.75) is 6.92 Å². The Balaban J connectivity index is 1.80. The van der Waals surface area contributed by atoms with Gasteiger partial charge in [-0.2, -0.15) is 0 Å². The first-order chi connectivity index (χ1) is 13.5. The van der Waals surface area contributed by atoms with Crippen LogP contribution in [-0.2, 0) is 14.3 Å². The molecule has 0 atom stereocenters. The summed E-state index contributed by atoms with van der Waals surface area (Å²) in [6, 6.07) is 13.2. The molecule has 8 nitrogen and oxygen atoms in total. The summed E-state index contributed by atoms with van der Waals surface area (Å²) in [7, 11) is 1.24. The molecule has 0 bridgehead atoms. The SMILES string of the molecule is CCOc1ccc(OCC(=O)Nc2ccc(C(=O)NCC(=O)OC)cc2)cc1. The molecule has 0 saturated heterocycles. The van der Waals surface area contributed by atoms with Gasteiger partial charge in [-0.25, -0.2) is 0 Å². The zero-order chi connectivity index (χ0) is 20.4. The van der Waals surface area contributed by atoms with E-state index in [1.54, 1.807) is 36.4 Å². The van der Waals surface area contributed by atoms with Crippen molar-refractivity contribution in [3.05, 3.63) is 54.1 Å². The molecule has 28 heavy (non-hydrogen) atoms. The smallest absolute Gasteiger partial charge is 0.325 e. The third kappa shape index (κ3) is 6.64. The van der Waals surface area contributed by atoms with Crippen molar-refractivity contribution in [2.24, 2.45) is 0 Å². The molecule has 2 aromatic carbocycles. The van der Waals surface area contributed by atoms with E-state index in [4.69, 9.17) is 9.47 Å². The highest BCUT2D eigenvalue weighted by Gasteiger charge is 2.09. The second kappa shape index (κ2) is 10.6. The number of ether oxygens (including phenoxy) is 3. The van der Waals surface area contributed by atoms with Crippen molar-refractivity contribution in [3.8, 4) is 11.5 Å². The molecule has 2 rings (SSSR count). The normalized spacial score (nSPS) is 9.93. The molecular weight excluding hydrogens is 364 g/mol. The Morgan fingerprint density at radius 1 is 0.893 bits per heavy atom. The number of hydrogen-bond donors (Lipinski definition) is 2. The number of esters is 1. The van der Waals surface area contributed by atoms with E-state index in [-0.39, 0.29) is 19.1 Å². The van der Waals surface area contributed by atoms with Gasteiger partial charge in [-0.1, -0.05) is 0 Å². The Bertz CT molecular complexity index is 802. The van der Waals surface area contributed by atoms with Crippen LogP contribution in [-0.4, -0.2) is 44.7 Å². The summed E-state index contributed by atoms with van der Waals surface area (Å²) >= 11 is 0. The van der Waals surface area contributed by atoms with Gasteiger partial charge >= 0.3 is 5.97 Å². The second-order valence-corrected chi connectivity index (χ2v) is 5.58. The van der Waals surface area contributed by atoms with E-state index in [1.807, 2.05) is 6.92 Å². The number of amides is 2. The average Bonchev–Trinajstić information content (AvgIpc) is 2.72. The molecule has 0 radical (unpaired) electrons. The molecule has 0 aliphatic heterocycles. The first kappa shape index (κ1) is 20.8. The van der Waals surface area contributed by atoms with E-state index < -0.39 is 11.9 Å². The second-order valence-electron chi connectivity index (χ2n) is 5.58. The number of carbonyl (C=O) groups is 3. The van der Waals surface area contributed by atoms with Crippen LogP contribution in [0.3, 0.4) is 0 Å². The molecule has 2 amide bonds. The van der Waals surface area contributed by atoms with Crippen molar-refractivity contribution >= 4 is 23.5 Å². The van der Waals surface area contributed by atoms with Crippen LogP contribution >= 0.6 is 0 Å². The lowest BCUT2D eigenvalue weighted by molar-refractivity contribution is -0.139. The minimum atomic E-state index is -0.537. The molecule has 0 spiro atoms. The Kier molecular flexibility index (Phi) is 7.83. The van der Waals surface area contributed by atoms with Crippen LogP contribution in [0.4, 0.5) is 5.69 Å². The predicted molar refractivity (Wildman–Crippen MR) is 103 cm³/mol. The predicted octanol–water partition coefficient (Wildman–Crippen LogP) is 2.01. The van der Waals surface area contributed by atoms with Crippen LogP contribution in [0.1, 0.15) is 17.3 Å². The van der Waals surface area contributed by atoms with Gasteiger partial charge in [0.25, 0.3) is 11.8 Å². The lowest BCUT2D eigenvalue weighted by atomic mass is 10.2. The standard InChI is InChI=1S/C20H22N2O6/c1-3-27-16-8-10-17(11-9-16)28-13-18(23)22-15-6-4-14(5-7-15)20(25)21-12-19(24)26-2/h4-11H,3,12-13H2,1-2H3,(H,21,25)(H,22,23). The third-order valence-electron chi connectivity index (χ3n) is 3.56. The fourth-order valence-corrected chi connectivity index (χ4v) is 2.18. The Hall–Kier alpha value is -3.55. The summed E-state index contributed by atoms with van der Waals surface area (Å²) in [5.74, 6) is -0.00473. The van der Waals surface area contributed by atoms with Crippen LogP contribution in [0.15, 0.2) is 48.5 Å². The van der Waals surface area contributed by atoms with Crippen LogP contribution in [0, 0.1) is 0 Å². The molecule has 2 N–H and O–H groups in total. The first-order valence-electron chi connectivity index (χ1n) is 8.62. The summed E-state index contributed by atoms with van der Waals surface area (Å²) in [5, 5.41) is 5.11. The summed E-state index contributed by atoms with van der Waals surface area (Å²) in [5.41, 5.74) is 0.873. The van der Waals surface area contributed by atoms with Gasteiger partial charge in [0.05, 0.1) is 13.7 Å². The maximum absolute atomic E-state index is 12.0. The van der Waals surface area contributed by atoms with Gasteiger partial charge < -0.3 is 24.8 Å². The number of hydrogen-bond acceptors (Lipinski definition) is 6. The number of anilines is 1. The van der Waals surface area contributed by atoms with Crippen molar-refractivity contribution in [3.63, 3.8) is 0 Å². The fraction of sp³-hybridized carbons (Fsp3) is 0.250. The third-order valence-corrected chi connectivity index (χ3v) is 3.56. The van der Waals surface area contributed by atoms with E-state index in [1.165, 1.54) is 19.2 Å². The molecular formula is C20H22N2O6. The van der Waals surface area contributed by atoms with Crippen molar-refractivity contribution in [1.82, 2.24) is 5.32 Å². The van der Waals surface area contributed by atoms with Crippen LogP contribution in [0.5, 0.6) is 11.5 Å². The van der Waals surface area contributed by atoms with Crippen molar-refractivity contribution in [1.29, 1.82) is 0 Å². The molecule has 0 fully saturated rings. The number of methoxy groups -OCH3 is 1. The number of rotatable bonds is 9. The average molecular weight is 386 g/mol. The van der Waals surface area contributed by atoms with Crippen LogP contribution < -0.4 is 20.1 Å². The van der Waals surface area contributed by atoms with Gasteiger partial charge in [0.2, 0.25) is 0 Å². The molecule has 0 aromatic heterocycles. The monoisotopic (exact) mass is 386 g/mol. The highest BCUT2D eigenvalue weighted by Crippen LogP contribution is 2.17. The van der Waals surface area contributed by atoms with E-state index in [0.29, 0.717) is 23.6 Å². The molecule has 0 saturated carbocycles. The Labute approximate surface area is 162 Å². The maximum atomic E-state index is 12.0. The van der Waals surface area contributed by atoms with E-state index >= 15 is 0 Å². The summed E-state index contributed by atoms with van der Waals surface area (Å²) < 4.78 is 15.2. The largest absolute Gasteiger partial charge is 0.494 e. The topological polar surface area (TPSA) is 103 Å².